The second kappa shape index (κ2) is 19.3. The zero-order chi connectivity index (χ0) is 37.8. The van der Waals surface area contributed by atoms with Crippen LogP contribution in [-0.2, 0) is 24.5 Å². The van der Waals surface area contributed by atoms with Crippen LogP contribution in [0.1, 0.15) is 152 Å². The highest BCUT2D eigenvalue weighted by Gasteiger charge is 2.69. The number of methoxy groups -OCH3 is 1. The van der Waals surface area contributed by atoms with E-state index in [4.69, 9.17) is 18.9 Å². The van der Waals surface area contributed by atoms with Gasteiger partial charge >= 0.3 is 11.9 Å². The topological polar surface area (TPSA) is 94.5 Å². The summed E-state index contributed by atoms with van der Waals surface area (Å²) < 4.78 is 24.5. The van der Waals surface area contributed by atoms with Crippen molar-refractivity contribution in [2.24, 2.45) is 0 Å². The minimum absolute atomic E-state index is 0.190. The van der Waals surface area contributed by atoms with Crippen molar-refractivity contribution in [3.8, 4) is 11.5 Å². The van der Waals surface area contributed by atoms with Crippen LogP contribution < -0.4 is 9.47 Å². The minimum atomic E-state index is -1.23. The first kappa shape index (κ1) is 40.8. The van der Waals surface area contributed by atoms with Gasteiger partial charge in [0.15, 0.2) is 17.6 Å². The van der Waals surface area contributed by atoms with Gasteiger partial charge in [-0.3, -0.25) is 4.79 Å². The molecule has 0 amide bonds. The van der Waals surface area contributed by atoms with Gasteiger partial charge in [-0.1, -0.05) is 133 Å². The molecule has 1 spiro atoms. The number of ether oxygens (including phenoxy) is 4. The summed E-state index contributed by atoms with van der Waals surface area (Å²) in [7, 11) is 3.63. The van der Waals surface area contributed by atoms with Crippen molar-refractivity contribution < 1.29 is 33.6 Å². The van der Waals surface area contributed by atoms with Gasteiger partial charge in [-0.05, 0) is 58.0 Å². The first-order chi connectivity index (χ1) is 25.7. The maximum absolute atomic E-state index is 14.1. The van der Waals surface area contributed by atoms with Gasteiger partial charge in [0, 0.05) is 30.0 Å². The summed E-state index contributed by atoms with van der Waals surface area (Å²) in [5.74, 6) is 0.378. The van der Waals surface area contributed by atoms with Crippen molar-refractivity contribution in [2.45, 2.75) is 166 Å². The number of carbonyl (C=O) groups excluding carboxylic acids is 2. The van der Waals surface area contributed by atoms with E-state index in [0.717, 1.165) is 36.9 Å². The number of hydrogen-bond donors (Lipinski definition) is 1. The molecule has 3 aliphatic rings. The smallest absolute Gasteiger partial charge is 0.357 e. The van der Waals surface area contributed by atoms with E-state index < -0.39 is 35.2 Å². The summed E-state index contributed by atoms with van der Waals surface area (Å²) in [5, 5.41) is 12.6. The maximum atomic E-state index is 14.1. The highest BCUT2D eigenvalue weighted by Crippen LogP contribution is 2.62. The molecule has 2 aliphatic heterocycles. The van der Waals surface area contributed by atoms with E-state index >= 15 is 0 Å². The normalized spacial score (nSPS) is 23.9. The van der Waals surface area contributed by atoms with Gasteiger partial charge in [-0.15, -0.1) is 0 Å². The van der Waals surface area contributed by atoms with Gasteiger partial charge in [0.2, 0.25) is 6.10 Å². The number of fused-ring (bicyclic) bond motifs is 1. The second-order valence-corrected chi connectivity index (χ2v) is 15.8. The van der Waals surface area contributed by atoms with Gasteiger partial charge < -0.3 is 29.0 Å². The van der Waals surface area contributed by atoms with Crippen LogP contribution in [0.25, 0.3) is 0 Å². The molecule has 8 heteroatoms. The lowest BCUT2D eigenvalue weighted by Gasteiger charge is -2.58. The molecule has 0 bridgehead atoms. The summed E-state index contributed by atoms with van der Waals surface area (Å²) in [4.78, 5) is 29.4. The van der Waals surface area contributed by atoms with Gasteiger partial charge in [-0.25, -0.2) is 4.79 Å². The highest BCUT2D eigenvalue weighted by atomic mass is 16.6. The molecule has 1 N–H and O–H groups in total. The third-order valence-corrected chi connectivity index (χ3v) is 12.3. The Morgan fingerprint density at radius 1 is 0.906 bits per heavy atom. The van der Waals surface area contributed by atoms with Crippen LogP contribution in [-0.4, -0.2) is 60.4 Å². The Morgan fingerprint density at radius 2 is 1.51 bits per heavy atom. The lowest BCUT2D eigenvalue weighted by molar-refractivity contribution is -0.173. The average molecular weight is 732 g/mol. The average Bonchev–Trinajstić information content (AvgIpc) is 3.53. The van der Waals surface area contributed by atoms with Crippen LogP contribution in [0.4, 0.5) is 0 Å². The molecule has 8 nitrogen and oxygen atoms in total. The Hall–Kier alpha value is -3.36. The first-order valence-electron chi connectivity index (χ1n) is 20.6. The molecule has 0 unspecified atom stereocenters. The number of unbranched alkanes of at least 4 members (excludes halogenated alkanes) is 14. The van der Waals surface area contributed by atoms with Crippen LogP contribution in [0.15, 0.2) is 54.3 Å². The number of carbonyl (C=O) groups is 2. The lowest BCUT2D eigenvalue weighted by atomic mass is 9.54. The first-order valence-corrected chi connectivity index (χ1v) is 20.6. The van der Waals surface area contributed by atoms with Crippen molar-refractivity contribution in [2.75, 3.05) is 20.7 Å². The van der Waals surface area contributed by atoms with Crippen molar-refractivity contribution in [3.05, 3.63) is 71.0 Å². The van der Waals surface area contributed by atoms with Gasteiger partial charge in [0.05, 0.1) is 18.1 Å². The molecule has 0 radical (unpaired) electrons. The van der Waals surface area contributed by atoms with Gasteiger partial charge in [0.1, 0.15) is 5.76 Å². The fourth-order valence-electron chi connectivity index (χ4n) is 9.04. The predicted octanol–water partition coefficient (Wildman–Crippen LogP) is 9.83. The summed E-state index contributed by atoms with van der Waals surface area (Å²) in [5.41, 5.74) is 0.373. The third kappa shape index (κ3) is 9.13. The number of piperidine rings is 1. The van der Waals surface area contributed by atoms with Crippen LogP contribution in [0.5, 0.6) is 11.5 Å². The molecule has 0 saturated carbocycles. The van der Waals surface area contributed by atoms with E-state index in [1.807, 2.05) is 51.2 Å². The van der Waals surface area contributed by atoms with E-state index in [0.29, 0.717) is 29.2 Å². The SMILES string of the molecule is CCCCCCCCCCCCCCCCCC(=O)O[C@H](C(=O)OC1=CC[C@@]2(O)[C@@H](C)N(C)CC[C@@]23c2c(C)ccc(OC)c2O[C@@H]13)c1ccccc1. The lowest BCUT2D eigenvalue weighted by Crippen LogP contribution is -2.71. The van der Waals surface area contributed by atoms with E-state index in [-0.39, 0.29) is 18.9 Å². The Bertz CT molecular complexity index is 1520. The number of benzene rings is 2. The zero-order valence-corrected chi connectivity index (χ0v) is 33.1. The standard InChI is InChI=1S/C45H65NO7/c1-6-7-8-9-10-11-12-13-14-15-16-17-18-19-23-26-38(47)52-40(35-24-21-20-22-25-35)43(48)51-37-29-30-45(49)34(3)46(4)32-31-44(45)39-33(2)27-28-36(50-5)41(39)53-42(37)44/h20-22,24-25,27-29,34,40,42,49H,6-19,23,26,30-32H2,1-5H3/t34-,40+,42+,44+,45-/m1/s1. The number of rotatable bonds is 21. The number of aliphatic hydroxyl groups is 1. The van der Waals surface area contributed by atoms with Crippen molar-refractivity contribution in [1.29, 1.82) is 0 Å². The van der Waals surface area contributed by atoms with E-state index in [9.17, 15) is 14.7 Å². The summed E-state index contributed by atoms with van der Waals surface area (Å²) in [6, 6.07) is 12.7. The van der Waals surface area contributed by atoms with Crippen molar-refractivity contribution in [3.63, 3.8) is 0 Å². The number of likely N-dealkylation sites (N-methyl/N-ethyl adjacent to an activating group) is 1. The Morgan fingerprint density at radius 3 is 2.11 bits per heavy atom. The largest absolute Gasteiger partial charge is 0.493 e. The van der Waals surface area contributed by atoms with Crippen LogP contribution >= 0.6 is 0 Å². The van der Waals surface area contributed by atoms with Gasteiger partial charge in [0.25, 0.3) is 0 Å². The van der Waals surface area contributed by atoms with E-state index in [2.05, 4.69) is 11.8 Å². The molecular formula is C45H65NO7. The van der Waals surface area contributed by atoms with Crippen molar-refractivity contribution >= 4 is 11.9 Å². The van der Waals surface area contributed by atoms with Crippen LogP contribution in [0, 0.1) is 6.92 Å². The fourth-order valence-corrected chi connectivity index (χ4v) is 9.04. The Labute approximate surface area is 318 Å². The zero-order valence-electron chi connectivity index (χ0n) is 33.1. The molecule has 53 heavy (non-hydrogen) atoms. The second-order valence-electron chi connectivity index (χ2n) is 15.8. The van der Waals surface area contributed by atoms with Gasteiger partial charge in [-0.2, -0.15) is 0 Å². The summed E-state index contributed by atoms with van der Waals surface area (Å²) >= 11 is 0. The molecule has 1 fully saturated rings. The molecule has 1 aliphatic carbocycles. The molecule has 2 aromatic rings. The fraction of sp³-hybridized carbons (Fsp3) is 0.644. The summed E-state index contributed by atoms with van der Waals surface area (Å²) in [6.07, 6.45) is 19.7. The Kier molecular flexibility index (Phi) is 14.9. The monoisotopic (exact) mass is 731 g/mol. The number of hydrogen-bond acceptors (Lipinski definition) is 8. The third-order valence-electron chi connectivity index (χ3n) is 12.3. The minimum Gasteiger partial charge on any atom is -0.493 e. The molecule has 1 saturated heterocycles. The van der Waals surface area contributed by atoms with E-state index in [1.165, 1.54) is 77.0 Å². The molecule has 2 aromatic carbocycles. The predicted molar refractivity (Wildman–Crippen MR) is 209 cm³/mol. The highest BCUT2D eigenvalue weighted by molar-refractivity contribution is 5.81. The van der Waals surface area contributed by atoms with E-state index in [1.54, 1.807) is 25.3 Å². The number of esters is 2. The number of likely N-dealkylation sites (tertiary alicyclic amines) is 1. The molecule has 5 atom stereocenters. The molecule has 2 heterocycles. The number of aryl methyl sites for hydroxylation is 1. The quantitative estimate of drug-likeness (QED) is 0.100. The summed E-state index contributed by atoms with van der Waals surface area (Å²) in [6.45, 7) is 7.06. The number of nitrogens with zero attached hydrogens (tertiary/aromatic N) is 1. The molecular weight excluding hydrogens is 666 g/mol. The maximum Gasteiger partial charge on any atom is 0.357 e. The van der Waals surface area contributed by atoms with Crippen LogP contribution in [0.2, 0.25) is 0 Å². The molecule has 5 rings (SSSR count). The molecule has 292 valence electrons. The van der Waals surface area contributed by atoms with Crippen molar-refractivity contribution in [1.82, 2.24) is 4.90 Å². The van der Waals surface area contributed by atoms with Crippen LogP contribution in [0.3, 0.4) is 0 Å². The Balaban J connectivity index is 1.17. The molecule has 0 aromatic heterocycles.